The number of hydrogen-bond donors (Lipinski definition) is 1. The van der Waals surface area contributed by atoms with Gasteiger partial charge in [-0.05, 0) is 51.3 Å². The summed E-state index contributed by atoms with van der Waals surface area (Å²) in [5.74, 6) is 0. The van der Waals surface area contributed by atoms with Gasteiger partial charge in [0.05, 0.1) is 6.10 Å². The molecule has 0 bridgehead atoms. The molecule has 0 aliphatic carbocycles. The molecule has 0 saturated carbocycles. The summed E-state index contributed by atoms with van der Waals surface area (Å²) >= 11 is 0. The molecule has 1 aromatic rings. The molecule has 20 heavy (non-hydrogen) atoms. The minimum Gasteiger partial charge on any atom is -0.377 e. The Kier molecular flexibility index (Phi) is 5.58. The van der Waals surface area contributed by atoms with E-state index in [4.69, 9.17) is 10.5 Å². The highest BCUT2D eigenvalue weighted by molar-refractivity contribution is 5.32. The number of hydrogen-bond acceptors (Lipinski definition) is 3. The molecule has 0 aromatic heterocycles. The fraction of sp³-hybridized carbons (Fsp3) is 0.647. The summed E-state index contributed by atoms with van der Waals surface area (Å²) in [7, 11) is 2.14. The third-order valence-electron chi connectivity index (χ3n) is 4.13. The van der Waals surface area contributed by atoms with Gasteiger partial charge >= 0.3 is 0 Å². The highest BCUT2D eigenvalue weighted by Crippen LogP contribution is 2.19. The third-order valence-corrected chi connectivity index (χ3v) is 4.13. The third kappa shape index (κ3) is 4.30. The predicted octanol–water partition coefficient (Wildman–Crippen LogP) is 2.80. The van der Waals surface area contributed by atoms with E-state index < -0.39 is 0 Å². The van der Waals surface area contributed by atoms with Gasteiger partial charge in [0.2, 0.25) is 0 Å². The second-order valence-electron chi connectivity index (χ2n) is 6.18. The van der Waals surface area contributed by atoms with Crippen LogP contribution in [-0.4, -0.2) is 37.7 Å². The lowest BCUT2D eigenvalue weighted by Gasteiger charge is -2.29. The largest absolute Gasteiger partial charge is 0.377 e. The fourth-order valence-corrected chi connectivity index (χ4v) is 2.97. The van der Waals surface area contributed by atoms with Crippen molar-refractivity contribution in [1.29, 1.82) is 0 Å². The molecule has 0 radical (unpaired) electrons. The van der Waals surface area contributed by atoms with Gasteiger partial charge in [0.15, 0.2) is 0 Å². The summed E-state index contributed by atoms with van der Waals surface area (Å²) < 4.78 is 5.80. The van der Waals surface area contributed by atoms with Crippen LogP contribution in [0.25, 0.3) is 0 Å². The summed E-state index contributed by atoms with van der Waals surface area (Å²) in [6, 6.07) is 6.59. The Morgan fingerprint density at radius 2 is 2.15 bits per heavy atom. The number of aryl methyl sites for hydroxylation is 2. The van der Waals surface area contributed by atoms with E-state index in [-0.39, 0.29) is 6.04 Å². The van der Waals surface area contributed by atoms with Crippen LogP contribution in [0.2, 0.25) is 0 Å². The van der Waals surface area contributed by atoms with Crippen LogP contribution in [0.1, 0.15) is 42.0 Å². The number of nitrogens with two attached hydrogens (primary N) is 1. The van der Waals surface area contributed by atoms with E-state index in [0.717, 1.165) is 19.7 Å². The first kappa shape index (κ1) is 15.5. The van der Waals surface area contributed by atoms with Crippen LogP contribution in [0.4, 0.5) is 0 Å². The van der Waals surface area contributed by atoms with Crippen molar-refractivity contribution in [2.75, 3.05) is 26.7 Å². The lowest BCUT2D eigenvalue weighted by Crippen LogP contribution is -2.37. The Morgan fingerprint density at radius 1 is 1.35 bits per heavy atom. The maximum Gasteiger partial charge on any atom is 0.0701 e. The van der Waals surface area contributed by atoms with Gasteiger partial charge in [-0.1, -0.05) is 23.8 Å². The molecule has 2 rings (SSSR count). The topological polar surface area (TPSA) is 38.5 Å². The van der Waals surface area contributed by atoms with Gasteiger partial charge in [0.25, 0.3) is 0 Å². The Hall–Kier alpha value is -0.900. The molecule has 1 aliphatic rings. The normalized spacial score (nSPS) is 21.1. The van der Waals surface area contributed by atoms with Crippen LogP contribution in [-0.2, 0) is 4.74 Å². The molecule has 1 fully saturated rings. The van der Waals surface area contributed by atoms with Gasteiger partial charge in [-0.25, -0.2) is 0 Å². The summed E-state index contributed by atoms with van der Waals surface area (Å²) in [6.07, 6.45) is 4.08. The van der Waals surface area contributed by atoms with Crippen LogP contribution >= 0.6 is 0 Å². The first-order valence-corrected chi connectivity index (χ1v) is 7.69. The van der Waals surface area contributed by atoms with Gasteiger partial charge in [-0.15, -0.1) is 0 Å². The van der Waals surface area contributed by atoms with Crippen molar-refractivity contribution >= 4 is 0 Å². The number of ether oxygens (including phenoxy) is 1. The van der Waals surface area contributed by atoms with Crippen molar-refractivity contribution < 1.29 is 4.74 Å². The van der Waals surface area contributed by atoms with Crippen LogP contribution in [0.5, 0.6) is 0 Å². The molecule has 0 spiro atoms. The monoisotopic (exact) mass is 276 g/mol. The molecule has 2 atom stereocenters. The van der Waals surface area contributed by atoms with Gasteiger partial charge in [0.1, 0.15) is 0 Å². The lowest BCUT2D eigenvalue weighted by molar-refractivity contribution is -0.00214. The number of rotatable bonds is 5. The van der Waals surface area contributed by atoms with Gasteiger partial charge in [0, 0.05) is 25.7 Å². The van der Waals surface area contributed by atoms with E-state index in [1.165, 1.54) is 36.0 Å². The predicted molar refractivity (Wildman–Crippen MR) is 83.9 cm³/mol. The molecule has 2 N–H and O–H groups in total. The van der Waals surface area contributed by atoms with E-state index in [2.05, 4.69) is 44.0 Å². The Labute approximate surface area is 123 Å². The molecule has 0 amide bonds. The molecular weight excluding hydrogens is 248 g/mol. The quantitative estimate of drug-likeness (QED) is 0.898. The molecule has 1 saturated heterocycles. The highest BCUT2D eigenvalue weighted by Gasteiger charge is 2.18. The van der Waals surface area contributed by atoms with E-state index in [1.807, 2.05) is 0 Å². The van der Waals surface area contributed by atoms with E-state index in [0.29, 0.717) is 6.10 Å². The fourth-order valence-electron chi connectivity index (χ4n) is 2.97. The zero-order chi connectivity index (χ0) is 14.5. The van der Waals surface area contributed by atoms with Crippen LogP contribution < -0.4 is 5.73 Å². The lowest BCUT2D eigenvalue weighted by atomic mass is 9.99. The van der Waals surface area contributed by atoms with Gasteiger partial charge < -0.3 is 15.4 Å². The first-order valence-electron chi connectivity index (χ1n) is 7.69. The number of nitrogens with zero attached hydrogens (tertiary/aromatic N) is 1. The van der Waals surface area contributed by atoms with Crippen molar-refractivity contribution in [2.24, 2.45) is 5.73 Å². The van der Waals surface area contributed by atoms with Crippen molar-refractivity contribution in [1.82, 2.24) is 4.90 Å². The standard InChI is InChI=1S/C17H28N2O/c1-13-7-8-14(2)16(10-13)17(18)12-19(3)11-15-6-4-5-9-20-15/h7-8,10,15,17H,4-6,9,11-12,18H2,1-3H3. The Balaban J connectivity index is 1.89. The van der Waals surface area contributed by atoms with Crippen LogP contribution in [0.3, 0.4) is 0 Å². The molecule has 2 unspecified atom stereocenters. The van der Waals surface area contributed by atoms with Gasteiger partial charge in [-0.3, -0.25) is 0 Å². The maximum atomic E-state index is 6.39. The van der Waals surface area contributed by atoms with Crippen molar-refractivity contribution in [2.45, 2.75) is 45.3 Å². The average molecular weight is 276 g/mol. The molecule has 112 valence electrons. The summed E-state index contributed by atoms with van der Waals surface area (Å²) in [6.45, 7) is 7.04. The zero-order valence-corrected chi connectivity index (χ0v) is 13.1. The summed E-state index contributed by atoms with van der Waals surface area (Å²) in [5.41, 5.74) is 10.2. The molecule has 1 heterocycles. The van der Waals surface area contributed by atoms with Crippen molar-refractivity contribution in [3.8, 4) is 0 Å². The van der Waals surface area contributed by atoms with E-state index in [9.17, 15) is 0 Å². The van der Waals surface area contributed by atoms with Crippen molar-refractivity contribution in [3.63, 3.8) is 0 Å². The van der Waals surface area contributed by atoms with Crippen LogP contribution in [0, 0.1) is 13.8 Å². The summed E-state index contributed by atoms with van der Waals surface area (Å²) in [4.78, 5) is 2.31. The molecule has 1 aromatic carbocycles. The average Bonchev–Trinajstić information content (AvgIpc) is 2.42. The van der Waals surface area contributed by atoms with E-state index in [1.54, 1.807) is 0 Å². The van der Waals surface area contributed by atoms with Crippen molar-refractivity contribution in [3.05, 3.63) is 34.9 Å². The Morgan fingerprint density at radius 3 is 2.85 bits per heavy atom. The van der Waals surface area contributed by atoms with E-state index >= 15 is 0 Å². The van der Waals surface area contributed by atoms with Gasteiger partial charge in [-0.2, -0.15) is 0 Å². The maximum absolute atomic E-state index is 6.39. The minimum atomic E-state index is 0.0727. The molecule has 1 aliphatic heterocycles. The molecule has 3 nitrogen and oxygen atoms in total. The molecular formula is C17H28N2O. The second-order valence-corrected chi connectivity index (χ2v) is 6.18. The van der Waals surface area contributed by atoms with Crippen LogP contribution in [0.15, 0.2) is 18.2 Å². The molecule has 3 heteroatoms. The number of benzene rings is 1. The highest BCUT2D eigenvalue weighted by atomic mass is 16.5. The second kappa shape index (κ2) is 7.21. The SMILES string of the molecule is Cc1ccc(C)c(C(N)CN(C)CC2CCCCO2)c1. The smallest absolute Gasteiger partial charge is 0.0701 e. The minimum absolute atomic E-state index is 0.0727. The summed E-state index contributed by atoms with van der Waals surface area (Å²) in [5, 5.41) is 0. The zero-order valence-electron chi connectivity index (χ0n) is 13.1. The first-order chi connectivity index (χ1) is 9.56. The Bertz CT molecular complexity index is 427. The number of likely N-dealkylation sites (N-methyl/N-ethyl adjacent to an activating group) is 1.